The Hall–Kier alpha value is -2.08. The van der Waals surface area contributed by atoms with Crippen molar-refractivity contribution in [3.8, 4) is 0 Å². The first-order valence-electron chi connectivity index (χ1n) is 4.39. The highest BCUT2D eigenvalue weighted by atomic mass is 19.2. The summed E-state index contributed by atoms with van der Waals surface area (Å²) in [4.78, 5) is 13.1. The molecular weight excluding hydrogens is 242 g/mol. The second-order valence-corrected chi connectivity index (χ2v) is 2.95. The topological polar surface area (TPSA) is 65.8 Å². The quantitative estimate of drug-likeness (QED) is 0.200. The standard InChI is InChI=1S/C9H5F4N3O/c1-2-3(17)4-5(10)7(12)9(15-16-14)8(13)6(4)11/h2H2,1H3. The molecular formula is C9H5F4N3O. The summed E-state index contributed by atoms with van der Waals surface area (Å²) in [7, 11) is 0. The molecule has 90 valence electrons. The summed E-state index contributed by atoms with van der Waals surface area (Å²) in [6, 6.07) is 0. The molecule has 0 bridgehead atoms. The number of ketones is 1. The molecule has 0 unspecified atom stereocenters. The predicted molar refractivity (Wildman–Crippen MR) is 49.7 cm³/mol. The van der Waals surface area contributed by atoms with Crippen molar-refractivity contribution in [1.29, 1.82) is 0 Å². The fourth-order valence-corrected chi connectivity index (χ4v) is 1.17. The first kappa shape index (κ1) is 13.0. The molecule has 0 aliphatic rings. The molecule has 0 N–H and O–H groups in total. The molecule has 1 aromatic carbocycles. The Balaban J connectivity index is 3.69. The van der Waals surface area contributed by atoms with Gasteiger partial charge < -0.3 is 0 Å². The van der Waals surface area contributed by atoms with Crippen LogP contribution >= 0.6 is 0 Å². The number of rotatable bonds is 3. The molecule has 4 nitrogen and oxygen atoms in total. The van der Waals surface area contributed by atoms with Crippen LogP contribution in [-0.2, 0) is 0 Å². The van der Waals surface area contributed by atoms with Gasteiger partial charge in [0.15, 0.2) is 29.1 Å². The van der Waals surface area contributed by atoms with Gasteiger partial charge >= 0.3 is 0 Å². The van der Waals surface area contributed by atoms with Crippen molar-refractivity contribution in [2.24, 2.45) is 5.11 Å². The maximum Gasteiger partial charge on any atom is 0.173 e. The van der Waals surface area contributed by atoms with Crippen LogP contribution in [0, 0.1) is 23.3 Å². The Morgan fingerprint density at radius 1 is 1.18 bits per heavy atom. The Labute approximate surface area is 92.5 Å². The molecule has 0 aliphatic carbocycles. The summed E-state index contributed by atoms with van der Waals surface area (Å²) in [6.07, 6.45) is -0.326. The fraction of sp³-hybridized carbons (Fsp3) is 0.222. The highest BCUT2D eigenvalue weighted by Crippen LogP contribution is 2.30. The molecule has 0 spiro atoms. The minimum atomic E-state index is -1.89. The lowest BCUT2D eigenvalue weighted by Crippen LogP contribution is -2.09. The van der Waals surface area contributed by atoms with Crippen molar-refractivity contribution >= 4 is 11.5 Å². The Bertz CT molecular complexity index is 509. The van der Waals surface area contributed by atoms with E-state index in [1.54, 1.807) is 0 Å². The molecule has 8 heteroatoms. The van der Waals surface area contributed by atoms with Crippen molar-refractivity contribution < 1.29 is 22.4 Å². The zero-order valence-corrected chi connectivity index (χ0v) is 8.47. The fourth-order valence-electron chi connectivity index (χ4n) is 1.17. The Kier molecular flexibility index (Phi) is 3.69. The van der Waals surface area contributed by atoms with Crippen molar-refractivity contribution in [1.82, 2.24) is 0 Å². The van der Waals surface area contributed by atoms with E-state index in [1.165, 1.54) is 6.92 Å². The third-order valence-electron chi connectivity index (χ3n) is 1.98. The van der Waals surface area contributed by atoms with Crippen LogP contribution in [-0.4, -0.2) is 5.78 Å². The number of carbonyl (C=O) groups excluding carboxylic acids is 1. The van der Waals surface area contributed by atoms with Gasteiger partial charge in [-0.15, -0.1) is 0 Å². The number of benzene rings is 1. The lowest BCUT2D eigenvalue weighted by atomic mass is 10.1. The number of azide groups is 1. The second kappa shape index (κ2) is 4.84. The molecule has 1 aromatic rings. The van der Waals surface area contributed by atoms with E-state index in [-0.39, 0.29) is 6.42 Å². The van der Waals surface area contributed by atoms with Crippen LogP contribution in [0.1, 0.15) is 23.7 Å². The monoisotopic (exact) mass is 247 g/mol. The van der Waals surface area contributed by atoms with Gasteiger partial charge in [-0.25, -0.2) is 17.6 Å². The van der Waals surface area contributed by atoms with Gasteiger partial charge in [0.05, 0.1) is 5.56 Å². The molecule has 0 radical (unpaired) electrons. The van der Waals surface area contributed by atoms with Gasteiger partial charge in [0.2, 0.25) is 0 Å². The van der Waals surface area contributed by atoms with E-state index in [4.69, 9.17) is 5.53 Å². The van der Waals surface area contributed by atoms with E-state index in [2.05, 4.69) is 5.11 Å². The zero-order chi connectivity index (χ0) is 13.2. The number of Topliss-reactive ketones (excluding diaryl/α,β-unsaturated/α-hetero) is 1. The third kappa shape index (κ3) is 2.07. The molecule has 0 amide bonds. The summed E-state index contributed by atoms with van der Waals surface area (Å²) < 4.78 is 52.9. The maximum absolute atomic E-state index is 13.3. The third-order valence-corrected chi connectivity index (χ3v) is 1.98. The average molecular weight is 247 g/mol. The molecule has 0 saturated heterocycles. The summed E-state index contributed by atoms with van der Waals surface area (Å²) >= 11 is 0. The minimum absolute atomic E-state index is 0.326. The molecule has 0 aromatic heterocycles. The van der Waals surface area contributed by atoms with E-state index in [1.807, 2.05) is 4.91 Å². The second-order valence-electron chi connectivity index (χ2n) is 2.95. The maximum atomic E-state index is 13.3. The number of nitrogens with zero attached hydrogens (tertiary/aromatic N) is 3. The summed E-state index contributed by atoms with van der Waals surface area (Å²) in [5.41, 5.74) is 5.25. The van der Waals surface area contributed by atoms with E-state index in [0.717, 1.165) is 0 Å². The van der Waals surface area contributed by atoms with Gasteiger partial charge in [-0.2, -0.15) is 0 Å². The molecule has 0 fully saturated rings. The lowest BCUT2D eigenvalue weighted by Gasteiger charge is -2.07. The largest absolute Gasteiger partial charge is 0.294 e. The highest BCUT2D eigenvalue weighted by molar-refractivity contribution is 5.96. The van der Waals surface area contributed by atoms with Gasteiger partial charge in [-0.05, 0) is 5.53 Å². The number of carbonyl (C=O) groups is 1. The normalized spacial score (nSPS) is 9.94. The molecule has 0 atom stereocenters. The van der Waals surface area contributed by atoms with Crippen molar-refractivity contribution in [3.63, 3.8) is 0 Å². The smallest absolute Gasteiger partial charge is 0.173 e. The van der Waals surface area contributed by atoms with Gasteiger partial charge in [0.1, 0.15) is 5.69 Å². The van der Waals surface area contributed by atoms with E-state index >= 15 is 0 Å². The SMILES string of the molecule is CCC(=O)c1c(F)c(F)c(N=[N+]=[N-])c(F)c1F. The molecule has 0 heterocycles. The van der Waals surface area contributed by atoms with Crippen LogP contribution < -0.4 is 0 Å². The number of halogens is 4. The van der Waals surface area contributed by atoms with E-state index in [0.29, 0.717) is 0 Å². The molecule has 17 heavy (non-hydrogen) atoms. The van der Waals surface area contributed by atoms with E-state index < -0.39 is 40.3 Å². The van der Waals surface area contributed by atoms with Crippen LogP contribution in [0.15, 0.2) is 5.11 Å². The molecule has 1 rings (SSSR count). The number of hydrogen-bond acceptors (Lipinski definition) is 2. The predicted octanol–water partition coefficient (Wildman–Crippen LogP) is 3.78. The highest BCUT2D eigenvalue weighted by Gasteiger charge is 2.27. The van der Waals surface area contributed by atoms with Crippen molar-refractivity contribution in [3.05, 3.63) is 39.3 Å². The van der Waals surface area contributed by atoms with Gasteiger partial charge in [0, 0.05) is 11.3 Å². The lowest BCUT2D eigenvalue weighted by molar-refractivity contribution is 0.0977. The molecule has 0 saturated carbocycles. The van der Waals surface area contributed by atoms with Gasteiger partial charge in [-0.3, -0.25) is 4.79 Å². The summed E-state index contributed by atoms with van der Waals surface area (Å²) in [6.45, 7) is 1.28. The Morgan fingerprint density at radius 3 is 2.00 bits per heavy atom. The van der Waals surface area contributed by atoms with Crippen LogP contribution in [0.2, 0.25) is 0 Å². The van der Waals surface area contributed by atoms with Crippen LogP contribution in [0.25, 0.3) is 10.4 Å². The molecule has 0 aliphatic heterocycles. The van der Waals surface area contributed by atoms with Gasteiger partial charge in [0.25, 0.3) is 0 Å². The Morgan fingerprint density at radius 2 is 1.65 bits per heavy atom. The zero-order valence-electron chi connectivity index (χ0n) is 8.47. The average Bonchev–Trinajstić information content (AvgIpc) is 2.32. The summed E-state index contributed by atoms with van der Waals surface area (Å²) in [5, 5.41) is 2.49. The van der Waals surface area contributed by atoms with Crippen molar-refractivity contribution in [2.45, 2.75) is 13.3 Å². The first-order valence-corrected chi connectivity index (χ1v) is 4.39. The summed E-state index contributed by atoms with van der Waals surface area (Å²) in [5.74, 6) is -8.60. The van der Waals surface area contributed by atoms with Crippen molar-refractivity contribution in [2.75, 3.05) is 0 Å². The van der Waals surface area contributed by atoms with E-state index in [9.17, 15) is 22.4 Å². The first-order chi connectivity index (χ1) is 7.95. The number of hydrogen-bond donors (Lipinski definition) is 0. The van der Waals surface area contributed by atoms with Crippen LogP contribution in [0.3, 0.4) is 0 Å². The minimum Gasteiger partial charge on any atom is -0.294 e. The van der Waals surface area contributed by atoms with Crippen LogP contribution in [0.5, 0.6) is 0 Å². The van der Waals surface area contributed by atoms with Crippen LogP contribution in [0.4, 0.5) is 23.2 Å². The van der Waals surface area contributed by atoms with Gasteiger partial charge in [-0.1, -0.05) is 12.0 Å².